The minimum Gasteiger partial charge on any atom is -0.478 e. The Morgan fingerprint density at radius 2 is 1.97 bits per heavy atom. The maximum Gasteiger partial charge on any atom is 0.336 e. The molecule has 0 aliphatic heterocycles. The van der Waals surface area contributed by atoms with Crippen molar-refractivity contribution in [1.29, 1.82) is 0 Å². The summed E-state index contributed by atoms with van der Waals surface area (Å²) in [5.74, 6) is -0.642. The Balaban J connectivity index is 1.52. The van der Waals surface area contributed by atoms with Gasteiger partial charge in [-0.15, -0.1) is 11.3 Å². The number of pyridine rings is 1. The van der Waals surface area contributed by atoms with Gasteiger partial charge in [-0.25, -0.2) is 9.78 Å². The lowest BCUT2D eigenvalue weighted by Gasteiger charge is -2.05. The molecule has 0 spiro atoms. The molecule has 0 fully saturated rings. The van der Waals surface area contributed by atoms with E-state index < -0.39 is 5.97 Å². The number of carboxylic acids is 1. The first-order valence-electron chi connectivity index (χ1n) is 9.05. The van der Waals surface area contributed by atoms with E-state index in [1.54, 1.807) is 36.5 Å². The smallest absolute Gasteiger partial charge is 0.336 e. The highest BCUT2D eigenvalue weighted by molar-refractivity contribution is 7.22. The number of hydrogen-bond donors (Lipinski definition) is 2. The summed E-state index contributed by atoms with van der Waals surface area (Å²) >= 11 is 8.11. The van der Waals surface area contributed by atoms with Gasteiger partial charge in [0, 0.05) is 4.70 Å². The number of ether oxygens (including phenoxy) is 1. The average molecular weight is 436 g/mol. The van der Waals surface area contributed by atoms with Crippen LogP contribution in [0.2, 0.25) is 5.02 Å². The number of imidazole rings is 1. The Labute approximate surface area is 179 Å². The highest BCUT2D eigenvalue weighted by Gasteiger charge is 2.15. The molecule has 0 radical (unpaired) electrons. The molecule has 0 bridgehead atoms. The van der Waals surface area contributed by atoms with Crippen LogP contribution in [0.25, 0.3) is 31.8 Å². The van der Waals surface area contributed by atoms with E-state index in [9.17, 15) is 9.90 Å². The number of carbonyl (C=O) groups is 1. The van der Waals surface area contributed by atoms with E-state index in [4.69, 9.17) is 16.3 Å². The van der Waals surface area contributed by atoms with Crippen molar-refractivity contribution in [2.45, 2.75) is 6.92 Å². The number of fused-ring (bicyclic) bond motifs is 2. The number of nitrogens with one attached hydrogen (secondary N) is 1. The molecule has 2 N–H and O–H groups in total. The standard InChI is InChI=1S/C22H14ClN3O3S/c1-11-6-7-13(9-14(11)21(27)28)29-22-24-16-10-15(23)19(25-20(16)26-22)18-8-12-4-2-3-5-17(12)30-18/h2-10H,1H3,(H,27,28)(H,24,25,26). The molecular weight excluding hydrogens is 422 g/mol. The first-order chi connectivity index (χ1) is 14.5. The van der Waals surface area contributed by atoms with Gasteiger partial charge in [0.1, 0.15) is 11.4 Å². The minimum atomic E-state index is -1.01. The van der Waals surface area contributed by atoms with Gasteiger partial charge in [0.2, 0.25) is 0 Å². The first-order valence-corrected chi connectivity index (χ1v) is 10.2. The fourth-order valence-corrected chi connectivity index (χ4v) is 4.60. The van der Waals surface area contributed by atoms with Crippen molar-refractivity contribution >= 4 is 50.2 Å². The second kappa shape index (κ2) is 7.12. The Morgan fingerprint density at radius 1 is 1.13 bits per heavy atom. The molecule has 30 heavy (non-hydrogen) atoms. The van der Waals surface area contributed by atoms with Gasteiger partial charge >= 0.3 is 12.0 Å². The predicted octanol–water partition coefficient (Wildman–Crippen LogP) is 6.29. The van der Waals surface area contributed by atoms with Crippen LogP contribution < -0.4 is 4.74 Å². The number of rotatable bonds is 4. The van der Waals surface area contributed by atoms with Crippen LogP contribution in [0.15, 0.2) is 54.6 Å². The molecule has 2 aromatic carbocycles. The van der Waals surface area contributed by atoms with Crippen LogP contribution in [-0.4, -0.2) is 26.0 Å². The van der Waals surface area contributed by atoms with Crippen molar-refractivity contribution in [1.82, 2.24) is 15.0 Å². The van der Waals surface area contributed by atoms with Gasteiger partial charge in [-0.05, 0) is 48.2 Å². The maximum atomic E-state index is 11.3. The van der Waals surface area contributed by atoms with Crippen LogP contribution in [0.3, 0.4) is 0 Å². The molecule has 0 aliphatic rings. The molecule has 0 aliphatic carbocycles. The number of aryl methyl sites for hydroxylation is 1. The molecular formula is C22H14ClN3O3S. The lowest BCUT2D eigenvalue weighted by molar-refractivity contribution is 0.0695. The fraction of sp³-hybridized carbons (Fsp3) is 0.0455. The number of carboxylic acid groups (broad SMARTS) is 1. The quantitative estimate of drug-likeness (QED) is 0.346. The monoisotopic (exact) mass is 435 g/mol. The SMILES string of the molecule is Cc1ccc(Oc2nc3nc(-c4cc5ccccc5s4)c(Cl)cc3[nH]2)cc1C(=O)O. The molecule has 0 unspecified atom stereocenters. The number of aromatic carboxylic acids is 1. The van der Waals surface area contributed by atoms with E-state index in [0.29, 0.717) is 33.2 Å². The lowest BCUT2D eigenvalue weighted by Crippen LogP contribution is -2.00. The van der Waals surface area contributed by atoms with Crippen molar-refractivity contribution in [2.24, 2.45) is 0 Å². The predicted molar refractivity (Wildman–Crippen MR) is 118 cm³/mol. The van der Waals surface area contributed by atoms with Gasteiger partial charge in [-0.1, -0.05) is 35.9 Å². The van der Waals surface area contributed by atoms with Crippen molar-refractivity contribution in [3.8, 4) is 22.3 Å². The summed E-state index contributed by atoms with van der Waals surface area (Å²) < 4.78 is 6.89. The molecule has 0 saturated carbocycles. The molecule has 6 nitrogen and oxygen atoms in total. The van der Waals surface area contributed by atoms with Crippen LogP contribution in [0.5, 0.6) is 11.8 Å². The summed E-state index contributed by atoms with van der Waals surface area (Å²) in [5.41, 5.74) is 2.59. The molecule has 3 heterocycles. The van der Waals surface area contributed by atoms with Crippen LogP contribution in [0.4, 0.5) is 0 Å². The molecule has 0 amide bonds. The molecule has 148 valence electrons. The number of H-pyrrole nitrogens is 1. The number of thiophene rings is 1. The van der Waals surface area contributed by atoms with Crippen molar-refractivity contribution in [3.63, 3.8) is 0 Å². The van der Waals surface area contributed by atoms with E-state index in [2.05, 4.69) is 33.2 Å². The van der Waals surface area contributed by atoms with Crippen LogP contribution in [0.1, 0.15) is 15.9 Å². The molecule has 5 rings (SSSR count). The summed E-state index contributed by atoms with van der Waals surface area (Å²) in [7, 11) is 0. The van der Waals surface area contributed by atoms with Crippen molar-refractivity contribution < 1.29 is 14.6 Å². The maximum absolute atomic E-state index is 11.3. The number of nitrogens with zero attached hydrogens (tertiary/aromatic N) is 2. The Morgan fingerprint density at radius 3 is 2.77 bits per heavy atom. The van der Waals surface area contributed by atoms with Crippen molar-refractivity contribution in [3.05, 3.63) is 70.7 Å². The number of halogens is 1. The van der Waals surface area contributed by atoms with E-state index in [1.807, 2.05) is 12.1 Å². The van der Waals surface area contributed by atoms with Gasteiger partial charge in [0.05, 0.1) is 21.0 Å². The first kappa shape index (κ1) is 18.6. The molecule has 0 atom stereocenters. The molecule has 0 saturated heterocycles. The Kier molecular flexibility index (Phi) is 4.42. The van der Waals surface area contributed by atoms with Crippen LogP contribution >= 0.6 is 22.9 Å². The molecule has 8 heteroatoms. The summed E-state index contributed by atoms with van der Waals surface area (Å²) in [6.07, 6.45) is 0. The summed E-state index contributed by atoms with van der Waals surface area (Å²) in [4.78, 5) is 24.3. The van der Waals surface area contributed by atoms with E-state index in [-0.39, 0.29) is 11.6 Å². The topological polar surface area (TPSA) is 88.1 Å². The van der Waals surface area contributed by atoms with E-state index in [0.717, 1.165) is 15.0 Å². The van der Waals surface area contributed by atoms with Crippen LogP contribution in [0, 0.1) is 6.92 Å². The van der Waals surface area contributed by atoms with Gasteiger partial charge < -0.3 is 14.8 Å². The van der Waals surface area contributed by atoms with E-state index in [1.165, 1.54) is 6.07 Å². The third kappa shape index (κ3) is 3.28. The molecule has 3 aromatic heterocycles. The van der Waals surface area contributed by atoms with E-state index >= 15 is 0 Å². The van der Waals surface area contributed by atoms with Gasteiger partial charge in [-0.2, -0.15) is 4.98 Å². The largest absolute Gasteiger partial charge is 0.478 e. The number of benzene rings is 2. The third-order valence-electron chi connectivity index (χ3n) is 4.72. The minimum absolute atomic E-state index is 0.178. The zero-order valence-corrected chi connectivity index (χ0v) is 17.2. The number of hydrogen-bond acceptors (Lipinski definition) is 5. The summed E-state index contributed by atoms with van der Waals surface area (Å²) in [6, 6.07) is 17.0. The summed E-state index contributed by atoms with van der Waals surface area (Å²) in [5, 5.41) is 10.9. The zero-order chi connectivity index (χ0) is 20.8. The second-order valence-corrected chi connectivity index (χ2v) is 8.26. The highest BCUT2D eigenvalue weighted by Crippen LogP contribution is 2.37. The third-order valence-corrected chi connectivity index (χ3v) is 6.13. The second-order valence-electron chi connectivity index (χ2n) is 6.76. The summed E-state index contributed by atoms with van der Waals surface area (Å²) in [6.45, 7) is 1.73. The number of aromatic amines is 1. The zero-order valence-electron chi connectivity index (χ0n) is 15.6. The Bertz CT molecular complexity index is 1410. The average Bonchev–Trinajstić information content (AvgIpc) is 3.31. The normalized spacial score (nSPS) is 11.3. The van der Waals surface area contributed by atoms with Gasteiger partial charge in [-0.3, -0.25) is 0 Å². The van der Waals surface area contributed by atoms with Gasteiger partial charge in [0.25, 0.3) is 0 Å². The molecule has 5 aromatic rings. The lowest BCUT2D eigenvalue weighted by atomic mass is 10.1. The Hall–Kier alpha value is -3.42. The fourth-order valence-electron chi connectivity index (χ4n) is 3.22. The van der Waals surface area contributed by atoms with Gasteiger partial charge in [0.15, 0.2) is 5.65 Å². The van der Waals surface area contributed by atoms with Crippen LogP contribution in [-0.2, 0) is 0 Å². The van der Waals surface area contributed by atoms with Crippen molar-refractivity contribution in [2.75, 3.05) is 0 Å². The highest BCUT2D eigenvalue weighted by atomic mass is 35.5. The number of aromatic nitrogens is 3.